The molecule has 1 aromatic heterocycles. The van der Waals surface area contributed by atoms with E-state index in [4.69, 9.17) is 0 Å². The van der Waals surface area contributed by atoms with Gasteiger partial charge in [0.25, 0.3) is 11.5 Å². The number of halogens is 3. The number of carbonyl (C=O) groups is 1. The van der Waals surface area contributed by atoms with E-state index in [9.17, 15) is 22.8 Å². The van der Waals surface area contributed by atoms with Crippen molar-refractivity contribution >= 4 is 11.7 Å². The monoisotopic (exact) mass is 269 g/mol. The quantitative estimate of drug-likeness (QED) is 0.810. The molecule has 1 heterocycles. The first-order valence-corrected chi connectivity index (χ1v) is 4.99. The van der Waals surface area contributed by atoms with E-state index < -0.39 is 34.5 Å². The third-order valence-corrected chi connectivity index (χ3v) is 2.17. The minimum absolute atomic E-state index is 0.0188. The number of aromatic amines is 1. The van der Waals surface area contributed by atoms with Crippen LogP contribution in [0.25, 0.3) is 0 Å². The molecule has 1 amide bonds. The summed E-state index contributed by atoms with van der Waals surface area (Å²) in [6.07, 6.45) is 0. The summed E-state index contributed by atoms with van der Waals surface area (Å²) in [5.74, 6) is -5.51. The first-order valence-electron chi connectivity index (χ1n) is 4.99. The van der Waals surface area contributed by atoms with Crippen LogP contribution in [0.15, 0.2) is 29.1 Å². The third-order valence-electron chi connectivity index (χ3n) is 2.17. The summed E-state index contributed by atoms with van der Waals surface area (Å²) in [6, 6.07) is 3.42. The lowest BCUT2D eigenvalue weighted by atomic mass is 10.2. The zero-order chi connectivity index (χ0) is 14.0. The van der Waals surface area contributed by atoms with Gasteiger partial charge in [0, 0.05) is 11.6 Å². The van der Waals surface area contributed by atoms with Crippen molar-refractivity contribution in [1.29, 1.82) is 0 Å². The smallest absolute Gasteiger partial charge is 0.264 e. The lowest BCUT2D eigenvalue weighted by Gasteiger charge is -2.04. The van der Waals surface area contributed by atoms with Crippen LogP contribution in [0.4, 0.5) is 19.0 Å². The molecule has 0 radical (unpaired) electrons. The number of nitrogens with one attached hydrogen (secondary N) is 2. The zero-order valence-electron chi connectivity index (χ0n) is 9.21. The standard InChI is InChI=1S/C11H6F3N3O2/c12-6-3-5(4-7(13)10(6)14)11(19)15-8-1-2-9(18)17-16-8/h1-4H,(H,17,18)(H,15,16,19). The molecule has 0 saturated heterocycles. The fourth-order valence-electron chi connectivity index (χ4n) is 1.29. The molecule has 98 valence electrons. The number of rotatable bonds is 2. The van der Waals surface area contributed by atoms with Crippen molar-refractivity contribution in [2.24, 2.45) is 0 Å². The van der Waals surface area contributed by atoms with E-state index in [1.807, 2.05) is 0 Å². The van der Waals surface area contributed by atoms with E-state index in [2.05, 4.69) is 15.5 Å². The largest absolute Gasteiger partial charge is 0.305 e. The van der Waals surface area contributed by atoms with Gasteiger partial charge in [-0.2, -0.15) is 5.10 Å². The summed E-state index contributed by atoms with van der Waals surface area (Å²) < 4.78 is 38.6. The van der Waals surface area contributed by atoms with E-state index in [0.717, 1.165) is 6.07 Å². The SMILES string of the molecule is O=C(Nc1ccc(=O)[nH]n1)c1cc(F)c(F)c(F)c1. The van der Waals surface area contributed by atoms with Gasteiger partial charge in [-0.25, -0.2) is 18.3 Å². The van der Waals surface area contributed by atoms with E-state index in [0.29, 0.717) is 12.1 Å². The number of carbonyl (C=O) groups excluding carboxylic acids is 1. The molecule has 8 heteroatoms. The van der Waals surface area contributed by atoms with E-state index in [-0.39, 0.29) is 5.82 Å². The van der Waals surface area contributed by atoms with Crippen molar-refractivity contribution in [2.75, 3.05) is 5.32 Å². The molecule has 0 saturated carbocycles. The molecule has 0 unspecified atom stereocenters. The van der Waals surface area contributed by atoms with Gasteiger partial charge in [-0.1, -0.05) is 0 Å². The van der Waals surface area contributed by atoms with Crippen molar-refractivity contribution in [2.45, 2.75) is 0 Å². The van der Waals surface area contributed by atoms with E-state index in [1.54, 1.807) is 0 Å². The fraction of sp³-hybridized carbons (Fsp3) is 0. The number of aromatic nitrogens is 2. The lowest BCUT2D eigenvalue weighted by molar-refractivity contribution is 0.102. The predicted octanol–water partition coefficient (Wildman–Crippen LogP) is 1.44. The Labute approximate surface area is 104 Å². The van der Waals surface area contributed by atoms with Gasteiger partial charge in [0.2, 0.25) is 0 Å². The lowest BCUT2D eigenvalue weighted by Crippen LogP contribution is -2.16. The van der Waals surface area contributed by atoms with Crippen molar-refractivity contribution in [3.63, 3.8) is 0 Å². The van der Waals surface area contributed by atoms with Crippen LogP contribution in [-0.2, 0) is 0 Å². The highest BCUT2D eigenvalue weighted by Gasteiger charge is 2.15. The molecule has 5 nitrogen and oxygen atoms in total. The van der Waals surface area contributed by atoms with Gasteiger partial charge >= 0.3 is 0 Å². The topological polar surface area (TPSA) is 74.8 Å². The molecule has 0 spiro atoms. The molecule has 0 atom stereocenters. The maximum absolute atomic E-state index is 12.9. The normalized spacial score (nSPS) is 10.3. The molecule has 0 aliphatic heterocycles. The average molecular weight is 269 g/mol. The van der Waals surface area contributed by atoms with Crippen molar-refractivity contribution < 1.29 is 18.0 Å². The molecule has 0 fully saturated rings. The Morgan fingerprint density at radius 3 is 2.32 bits per heavy atom. The van der Waals surface area contributed by atoms with Gasteiger partial charge in [-0.05, 0) is 18.2 Å². The Hall–Kier alpha value is -2.64. The molecule has 0 bridgehead atoms. The average Bonchev–Trinajstić information content (AvgIpc) is 2.38. The Bertz CT molecular complexity index is 656. The van der Waals surface area contributed by atoms with Gasteiger partial charge in [-0.15, -0.1) is 0 Å². The third kappa shape index (κ3) is 2.79. The van der Waals surface area contributed by atoms with Crippen LogP contribution in [0.5, 0.6) is 0 Å². The highest BCUT2D eigenvalue weighted by Crippen LogP contribution is 2.14. The Morgan fingerprint density at radius 1 is 1.16 bits per heavy atom. The number of hydrogen-bond donors (Lipinski definition) is 2. The molecule has 0 aliphatic rings. The van der Waals surface area contributed by atoms with Gasteiger partial charge in [-0.3, -0.25) is 9.59 Å². The summed E-state index contributed by atoms with van der Waals surface area (Å²) in [5, 5.41) is 7.72. The molecule has 2 aromatic rings. The van der Waals surface area contributed by atoms with Crippen LogP contribution in [0.1, 0.15) is 10.4 Å². The van der Waals surface area contributed by atoms with Gasteiger partial charge in [0.15, 0.2) is 23.3 Å². The fourth-order valence-corrected chi connectivity index (χ4v) is 1.29. The van der Waals surface area contributed by atoms with E-state index in [1.165, 1.54) is 6.07 Å². The van der Waals surface area contributed by atoms with E-state index >= 15 is 0 Å². The summed E-state index contributed by atoms with van der Waals surface area (Å²) in [7, 11) is 0. The first-order chi connectivity index (χ1) is 8.97. The van der Waals surface area contributed by atoms with Crippen LogP contribution in [0.3, 0.4) is 0 Å². The second-order valence-corrected chi connectivity index (χ2v) is 3.51. The molecule has 2 rings (SSSR count). The molecule has 0 aliphatic carbocycles. The van der Waals surface area contributed by atoms with Gasteiger partial charge < -0.3 is 5.32 Å². The number of benzene rings is 1. The molecule has 19 heavy (non-hydrogen) atoms. The van der Waals surface area contributed by atoms with Crippen LogP contribution in [0, 0.1) is 17.5 Å². The van der Waals surface area contributed by atoms with Gasteiger partial charge in [0.05, 0.1) is 0 Å². The number of nitrogens with zero attached hydrogens (tertiary/aromatic N) is 1. The Kier molecular flexibility index (Phi) is 3.32. The predicted molar refractivity (Wildman–Crippen MR) is 59.1 cm³/mol. The van der Waals surface area contributed by atoms with Crippen molar-refractivity contribution in [3.05, 3.63) is 57.6 Å². The summed E-state index contributed by atoms with van der Waals surface area (Å²) in [4.78, 5) is 22.3. The maximum atomic E-state index is 12.9. The van der Waals surface area contributed by atoms with Gasteiger partial charge in [0.1, 0.15) is 0 Å². The molecule has 1 aromatic carbocycles. The van der Waals surface area contributed by atoms with Crippen LogP contribution >= 0.6 is 0 Å². The molecule has 2 N–H and O–H groups in total. The number of H-pyrrole nitrogens is 1. The number of hydrogen-bond acceptors (Lipinski definition) is 3. The summed E-state index contributed by atoms with van der Waals surface area (Å²) >= 11 is 0. The molecular formula is C11H6F3N3O2. The highest BCUT2D eigenvalue weighted by atomic mass is 19.2. The number of anilines is 1. The van der Waals surface area contributed by atoms with Crippen LogP contribution in [-0.4, -0.2) is 16.1 Å². The van der Waals surface area contributed by atoms with Crippen molar-refractivity contribution in [3.8, 4) is 0 Å². The molecular weight excluding hydrogens is 263 g/mol. The second-order valence-electron chi connectivity index (χ2n) is 3.51. The summed E-state index contributed by atoms with van der Waals surface area (Å²) in [5.41, 5.74) is -0.888. The maximum Gasteiger partial charge on any atom is 0.264 e. The zero-order valence-corrected chi connectivity index (χ0v) is 9.21. The Balaban J connectivity index is 2.25. The van der Waals surface area contributed by atoms with Crippen LogP contribution in [0.2, 0.25) is 0 Å². The number of amides is 1. The highest BCUT2D eigenvalue weighted by molar-refractivity contribution is 6.03. The van der Waals surface area contributed by atoms with Crippen molar-refractivity contribution in [1.82, 2.24) is 10.2 Å². The summed E-state index contributed by atoms with van der Waals surface area (Å²) in [6.45, 7) is 0. The second kappa shape index (κ2) is 4.92. The van der Waals surface area contributed by atoms with Crippen LogP contribution < -0.4 is 10.9 Å². The first kappa shape index (κ1) is 12.8. The minimum Gasteiger partial charge on any atom is -0.305 e. The minimum atomic E-state index is -1.65. The Morgan fingerprint density at radius 2 is 1.79 bits per heavy atom.